The number of carbonyl (C=O) groups is 1. The number of hydrogen-bond acceptors (Lipinski definition) is 3. The van der Waals surface area contributed by atoms with Gasteiger partial charge in [0, 0.05) is 30.3 Å². The maximum atomic E-state index is 13.1. The molecule has 0 aliphatic carbocycles. The number of benzene rings is 2. The number of carbonyl (C=O) groups excluding carboxylic acids is 1. The molecule has 1 N–H and O–H groups in total. The molecule has 0 spiro atoms. The normalized spacial score (nSPS) is 10.6. The SMILES string of the molecule is CCc1ccccc1NC(=O)CCCn1nc(-c2ccc(F)cc2)ccc1=O. The minimum absolute atomic E-state index is 0.0939. The van der Waals surface area contributed by atoms with E-state index in [4.69, 9.17) is 0 Å². The predicted molar refractivity (Wildman–Crippen MR) is 108 cm³/mol. The van der Waals surface area contributed by atoms with Gasteiger partial charge in [0.1, 0.15) is 5.82 Å². The van der Waals surface area contributed by atoms with Crippen molar-refractivity contribution in [3.05, 3.63) is 82.4 Å². The summed E-state index contributed by atoms with van der Waals surface area (Å²) in [5.41, 5.74) is 2.98. The van der Waals surface area contributed by atoms with E-state index in [0.29, 0.717) is 18.7 Å². The third kappa shape index (κ3) is 4.91. The number of aromatic nitrogens is 2. The Morgan fingerprint density at radius 1 is 1.07 bits per heavy atom. The second-order valence-electron chi connectivity index (χ2n) is 6.45. The van der Waals surface area contributed by atoms with Crippen LogP contribution in [0.15, 0.2) is 65.5 Å². The van der Waals surface area contributed by atoms with Crippen molar-refractivity contribution in [2.75, 3.05) is 5.32 Å². The van der Waals surface area contributed by atoms with Crippen molar-refractivity contribution in [1.82, 2.24) is 9.78 Å². The van der Waals surface area contributed by atoms with Crippen LogP contribution in [-0.4, -0.2) is 15.7 Å². The number of halogens is 1. The number of hydrogen-bond donors (Lipinski definition) is 1. The molecule has 0 aliphatic rings. The Morgan fingerprint density at radius 3 is 2.57 bits per heavy atom. The fraction of sp³-hybridized carbons (Fsp3) is 0.227. The summed E-state index contributed by atoms with van der Waals surface area (Å²) in [7, 11) is 0. The largest absolute Gasteiger partial charge is 0.326 e. The third-order valence-electron chi connectivity index (χ3n) is 4.45. The van der Waals surface area contributed by atoms with Crippen molar-refractivity contribution >= 4 is 11.6 Å². The van der Waals surface area contributed by atoms with E-state index in [0.717, 1.165) is 23.2 Å². The molecule has 0 bridgehead atoms. The first kappa shape index (κ1) is 19.5. The van der Waals surface area contributed by atoms with Crippen LogP contribution in [0.25, 0.3) is 11.3 Å². The molecule has 0 saturated carbocycles. The van der Waals surface area contributed by atoms with Crippen molar-refractivity contribution in [3.63, 3.8) is 0 Å². The van der Waals surface area contributed by atoms with Gasteiger partial charge in [0.05, 0.1) is 5.69 Å². The summed E-state index contributed by atoms with van der Waals surface area (Å²) < 4.78 is 14.4. The van der Waals surface area contributed by atoms with Crippen LogP contribution in [0.5, 0.6) is 0 Å². The van der Waals surface area contributed by atoms with E-state index < -0.39 is 0 Å². The first-order valence-electron chi connectivity index (χ1n) is 9.28. The summed E-state index contributed by atoms with van der Waals surface area (Å²) in [4.78, 5) is 24.3. The fourth-order valence-corrected chi connectivity index (χ4v) is 2.94. The highest BCUT2D eigenvalue weighted by atomic mass is 19.1. The molecule has 1 amide bonds. The highest BCUT2D eigenvalue weighted by Gasteiger charge is 2.08. The molecule has 1 heterocycles. The van der Waals surface area contributed by atoms with Gasteiger partial charge in [-0.05, 0) is 54.8 Å². The Hall–Kier alpha value is -3.28. The zero-order valence-electron chi connectivity index (χ0n) is 15.7. The highest BCUT2D eigenvalue weighted by molar-refractivity contribution is 5.91. The molecule has 28 heavy (non-hydrogen) atoms. The molecule has 1 aromatic heterocycles. The van der Waals surface area contributed by atoms with Crippen LogP contribution in [0.2, 0.25) is 0 Å². The van der Waals surface area contributed by atoms with E-state index in [-0.39, 0.29) is 23.7 Å². The van der Waals surface area contributed by atoms with Crippen molar-refractivity contribution in [2.45, 2.75) is 32.7 Å². The van der Waals surface area contributed by atoms with Gasteiger partial charge in [0.2, 0.25) is 5.91 Å². The van der Waals surface area contributed by atoms with Crippen molar-refractivity contribution in [3.8, 4) is 11.3 Å². The second-order valence-corrected chi connectivity index (χ2v) is 6.45. The maximum Gasteiger partial charge on any atom is 0.266 e. The molecule has 144 valence electrons. The van der Waals surface area contributed by atoms with Gasteiger partial charge in [0.25, 0.3) is 5.56 Å². The first-order valence-corrected chi connectivity index (χ1v) is 9.28. The van der Waals surface area contributed by atoms with Crippen LogP contribution in [0.1, 0.15) is 25.3 Å². The Morgan fingerprint density at radius 2 is 1.82 bits per heavy atom. The van der Waals surface area contributed by atoms with Crippen LogP contribution < -0.4 is 10.9 Å². The number of para-hydroxylation sites is 1. The number of aryl methyl sites for hydroxylation is 2. The molecule has 0 atom stereocenters. The Kier molecular flexibility index (Phi) is 6.32. The van der Waals surface area contributed by atoms with Crippen LogP contribution in [0.3, 0.4) is 0 Å². The molecule has 3 aromatic rings. The van der Waals surface area contributed by atoms with E-state index in [9.17, 15) is 14.0 Å². The smallest absolute Gasteiger partial charge is 0.266 e. The molecule has 0 fully saturated rings. The number of anilines is 1. The second kappa shape index (κ2) is 9.08. The number of amides is 1. The summed E-state index contributed by atoms with van der Waals surface area (Å²) in [6, 6.07) is 16.7. The van der Waals surface area contributed by atoms with E-state index in [1.54, 1.807) is 18.2 Å². The standard InChI is InChI=1S/C22H22FN3O2/c1-2-16-6-3-4-7-19(16)24-21(27)8-5-15-26-22(28)14-13-20(25-26)17-9-11-18(23)12-10-17/h3-4,6-7,9-14H,2,5,8,15H2,1H3,(H,24,27). The zero-order chi connectivity index (χ0) is 19.9. The molecule has 0 radical (unpaired) electrons. The number of rotatable bonds is 7. The van der Waals surface area contributed by atoms with Crippen molar-refractivity contribution < 1.29 is 9.18 Å². The van der Waals surface area contributed by atoms with E-state index in [1.165, 1.54) is 22.9 Å². The summed E-state index contributed by atoms with van der Waals surface area (Å²) in [5, 5.41) is 7.25. The molecule has 3 rings (SSSR count). The Bertz CT molecular complexity index is 1010. The van der Waals surface area contributed by atoms with Gasteiger partial charge < -0.3 is 5.32 Å². The Balaban J connectivity index is 1.61. The third-order valence-corrected chi connectivity index (χ3v) is 4.45. The van der Waals surface area contributed by atoms with E-state index in [2.05, 4.69) is 10.4 Å². The minimum Gasteiger partial charge on any atom is -0.326 e. The molecule has 5 nitrogen and oxygen atoms in total. The average molecular weight is 379 g/mol. The minimum atomic E-state index is -0.326. The van der Waals surface area contributed by atoms with Gasteiger partial charge in [-0.2, -0.15) is 5.10 Å². The summed E-state index contributed by atoms with van der Waals surface area (Å²) >= 11 is 0. The van der Waals surface area contributed by atoms with E-state index >= 15 is 0 Å². The van der Waals surface area contributed by atoms with Gasteiger partial charge in [-0.3, -0.25) is 9.59 Å². The fourth-order valence-electron chi connectivity index (χ4n) is 2.94. The average Bonchev–Trinajstić information content (AvgIpc) is 2.70. The lowest BCUT2D eigenvalue weighted by atomic mass is 10.1. The van der Waals surface area contributed by atoms with Crippen LogP contribution in [0, 0.1) is 5.82 Å². The summed E-state index contributed by atoms with van der Waals surface area (Å²) in [6.45, 7) is 2.37. The molecule has 2 aromatic carbocycles. The first-order chi connectivity index (χ1) is 13.6. The molecular weight excluding hydrogens is 357 g/mol. The maximum absolute atomic E-state index is 13.1. The molecular formula is C22H22FN3O2. The molecule has 6 heteroatoms. The zero-order valence-corrected chi connectivity index (χ0v) is 15.7. The lowest BCUT2D eigenvalue weighted by molar-refractivity contribution is -0.116. The number of nitrogens with one attached hydrogen (secondary N) is 1. The lowest BCUT2D eigenvalue weighted by Gasteiger charge is -2.10. The lowest BCUT2D eigenvalue weighted by Crippen LogP contribution is -2.23. The quantitative estimate of drug-likeness (QED) is 0.674. The van der Waals surface area contributed by atoms with Gasteiger partial charge in [0.15, 0.2) is 0 Å². The summed E-state index contributed by atoms with van der Waals surface area (Å²) in [6.07, 6.45) is 1.61. The van der Waals surface area contributed by atoms with Crippen molar-refractivity contribution in [1.29, 1.82) is 0 Å². The van der Waals surface area contributed by atoms with Gasteiger partial charge in [-0.15, -0.1) is 0 Å². The van der Waals surface area contributed by atoms with Gasteiger partial charge in [-0.25, -0.2) is 9.07 Å². The predicted octanol–water partition coefficient (Wildman–Crippen LogP) is 4.03. The van der Waals surface area contributed by atoms with Crippen molar-refractivity contribution in [2.24, 2.45) is 0 Å². The molecule has 0 unspecified atom stereocenters. The monoisotopic (exact) mass is 379 g/mol. The van der Waals surface area contributed by atoms with Gasteiger partial charge in [-0.1, -0.05) is 25.1 Å². The van der Waals surface area contributed by atoms with Gasteiger partial charge >= 0.3 is 0 Å². The van der Waals surface area contributed by atoms with E-state index in [1.807, 2.05) is 31.2 Å². The summed E-state index contributed by atoms with van der Waals surface area (Å²) in [5.74, 6) is -0.420. The highest BCUT2D eigenvalue weighted by Crippen LogP contribution is 2.17. The van der Waals surface area contributed by atoms with Crippen LogP contribution >= 0.6 is 0 Å². The topological polar surface area (TPSA) is 64.0 Å². The van der Waals surface area contributed by atoms with Crippen LogP contribution in [0.4, 0.5) is 10.1 Å². The van der Waals surface area contributed by atoms with Crippen LogP contribution in [-0.2, 0) is 17.8 Å². The Labute approximate surface area is 162 Å². The molecule has 0 aliphatic heterocycles. The molecule has 0 saturated heterocycles. The number of nitrogens with zero attached hydrogens (tertiary/aromatic N) is 2.